The van der Waals surface area contributed by atoms with Crippen molar-refractivity contribution < 1.29 is 4.74 Å². The van der Waals surface area contributed by atoms with Gasteiger partial charge in [-0.3, -0.25) is 0 Å². The average molecular weight is 357 g/mol. The first-order chi connectivity index (χ1) is 12.1. The van der Waals surface area contributed by atoms with Gasteiger partial charge in [-0.2, -0.15) is 9.36 Å². The number of tetrazole rings is 1. The van der Waals surface area contributed by atoms with Crippen LogP contribution in [0.15, 0.2) is 47.3 Å². The van der Waals surface area contributed by atoms with E-state index in [0.717, 1.165) is 18.4 Å². The third-order valence-corrected chi connectivity index (χ3v) is 4.68. The Hall–Kier alpha value is -2.60. The number of para-hydroxylation sites is 1. The van der Waals surface area contributed by atoms with E-state index in [4.69, 9.17) is 16.3 Å². The second kappa shape index (κ2) is 6.37. The van der Waals surface area contributed by atoms with Crippen LogP contribution in [-0.2, 0) is 13.7 Å². The van der Waals surface area contributed by atoms with Gasteiger partial charge in [-0.05, 0) is 52.9 Å². The van der Waals surface area contributed by atoms with E-state index in [-0.39, 0.29) is 5.69 Å². The van der Waals surface area contributed by atoms with Gasteiger partial charge in [0.1, 0.15) is 12.4 Å². The zero-order valence-electron chi connectivity index (χ0n) is 13.7. The highest BCUT2D eigenvalue weighted by atomic mass is 35.5. The summed E-state index contributed by atoms with van der Waals surface area (Å²) in [5, 5.41) is 8.35. The molecule has 0 atom stereocenters. The van der Waals surface area contributed by atoms with Crippen LogP contribution in [0.2, 0.25) is 5.02 Å². The third-order valence-electron chi connectivity index (χ3n) is 4.36. The molecule has 6 nitrogen and oxygen atoms in total. The topological polar surface area (TPSA) is 61.9 Å². The molecule has 1 aromatic heterocycles. The van der Waals surface area contributed by atoms with Crippen molar-refractivity contribution in [3.05, 3.63) is 69.1 Å². The van der Waals surface area contributed by atoms with Crippen LogP contribution in [0.5, 0.6) is 5.75 Å². The summed E-state index contributed by atoms with van der Waals surface area (Å²) in [7, 11) is 1.58. The molecular weight excluding hydrogens is 340 g/mol. The fourth-order valence-electron chi connectivity index (χ4n) is 2.90. The van der Waals surface area contributed by atoms with E-state index in [2.05, 4.69) is 16.5 Å². The number of hydrogen-bond donors (Lipinski definition) is 0. The van der Waals surface area contributed by atoms with E-state index >= 15 is 0 Å². The first-order valence-electron chi connectivity index (χ1n) is 8.13. The van der Waals surface area contributed by atoms with Crippen LogP contribution in [0.25, 0.3) is 5.69 Å². The van der Waals surface area contributed by atoms with Crippen LogP contribution in [0.1, 0.15) is 29.9 Å². The minimum Gasteiger partial charge on any atom is -0.487 e. The van der Waals surface area contributed by atoms with E-state index in [0.29, 0.717) is 29.0 Å². The summed E-state index contributed by atoms with van der Waals surface area (Å²) in [5.74, 6) is 1.13. The zero-order valence-corrected chi connectivity index (χ0v) is 14.5. The Morgan fingerprint density at radius 3 is 2.64 bits per heavy atom. The third kappa shape index (κ3) is 3.05. The summed E-state index contributed by atoms with van der Waals surface area (Å²) < 4.78 is 8.48. The molecule has 3 aromatic rings. The minimum absolute atomic E-state index is 0.285. The number of halogens is 1. The fourth-order valence-corrected chi connectivity index (χ4v) is 3.09. The molecule has 1 fully saturated rings. The monoisotopic (exact) mass is 356 g/mol. The van der Waals surface area contributed by atoms with Gasteiger partial charge in [0.25, 0.3) is 0 Å². The van der Waals surface area contributed by atoms with Crippen molar-refractivity contribution >= 4 is 11.6 Å². The van der Waals surface area contributed by atoms with E-state index < -0.39 is 0 Å². The number of benzene rings is 2. The highest BCUT2D eigenvalue weighted by Gasteiger charge is 2.28. The highest BCUT2D eigenvalue weighted by molar-refractivity contribution is 6.32. The first kappa shape index (κ1) is 15.9. The number of ether oxygens (including phenoxy) is 1. The molecule has 7 heteroatoms. The number of hydrogen-bond acceptors (Lipinski definition) is 4. The molecule has 1 aliphatic rings. The Balaban J connectivity index is 1.75. The van der Waals surface area contributed by atoms with Gasteiger partial charge in [-0.1, -0.05) is 35.9 Å². The Morgan fingerprint density at radius 2 is 1.96 bits per heavy atom. The van der Waals surface area contributed by atoms with Gasteiger partial charge in [0.15, 0.2) is 0 Å². The van der Waals surface area contributed by atoms with Crippen molar-refractivity contribution in [1.82, 2.24) is 19.8 Å². The molecule has 0 N–H and O–H groups in total. The molecule has 25 heavy (non-hydrogen) atoms. The summed E-state index contributed by atoms with van der Waals surface area (Å²) in [6.07, 6.45) is 2.30. The lowest BCUT2D eigenvalue weighted by Crippen LogP contribution is -2.23. The lowest BCUT2D eigenvalue weighted by Gasteiger charge is -2.15. The molecule has 1 heterocycles. The summed E-state index contributed by atoms with van der Waals surface area (Å²) in [5.41, 5.74) is 2.57. The van der Waals surface area contributed by atoms with Crippen molar-refractivity contribution in [3.8, 4) is 11.4 Å². The average Bonchev–Trinajstić information content (AvgIpc) is 3.41. The molecule has 1 saturated carbocycles. The Kier molecular flexibility index (Phi) is 4.05. The molecule has 0 spiro atoms. The fraction of sp³-hybridized carbons (Fsp3) is 0.278. The molecule has 0 bridgehead atoms. The molecule has 0 radical (unpaired) electrons. The lowest BCUT2D eigenvalue weighted by atomic mass is 10.0. The molecule has 2 aromatic carbocycles. The van der Waals surface area contributed by atoms with Gasteiger partial charge >= 0.3 is 5.69 Å². The zero-order chi connectivity index (χ0) is 17.4. The van der Waals surface area contributed by atoms with Crippen LogP contribution >= 0.6 is 11.6 Å². The van der Waals surface area contributed by atoms with Crippen molar-refractivity contribution in [2.75, 3.05) is 0 Å². The van der Waals surface area contributed by atoms with Crippen LogP contribution in [-0.4, -0.2) is 19.8 Å². The molecule has 0 amide bonds. The van der Waals surface area contributed by atoms with Gasteiger partial charge in [-0.15, -0.1) is 0 Å². The summed E-state index contributed by atoms with van der Waals surface area (Å²) in [4.78, 5) is 12.3. The van der Waals surface area contributed by atoms with Crippen LogP contribution in [0.3, 0.4) is 0 Å². The van der Waals surface area contributed by atoms with Gasteiger partial charge in [0.2, 0.25) is 0 Å². The summed E-state index contributed by atoms with van der Waals surface area (Å²) in [6, 6.07) is 13.3. The van der Waals surface area contributed by atoms with Gasteiger partial charge in [0, 0.05) is 12.6 Å². The summed E-state index contributed by atoms with van der Waals surface area (Å²) in [6.45, 7) is 0.314. The summed E-state index contributed by atoms with van der Waals surface area (Å²) >= 11 is 6.18. The molecule has 128 valence electrons. The number of aryl methyl sites for hydroxylation is 1. The standard InChI is InChI=1S/C18H17ClN4O2/c1-22-18(24)23(21-20-22)16-7-4-5-13(12-9-10-12)14(16)11-25-17-8-3-2-6-15(17)19/h2-8,12H,9-11H2,1H3. The largest absolute Gasteiger partial charge is 0.487 e. The first-order valence-corrected chi connectivity index (χ1v) is 8.51. The maximum Gasteiger partial charge on any atom is 0.368 e. The van der Waals surface area contributed by atoms with Crippen molar-refractivity contribution in [3.63, 3.8) is 0 Å². The normalized spacial score (nSPS) is 13.8. The SMILES string of the molecule is Cn1nnn(-c2cccc(C3CC3)c2COc2ccccc2Cl)c1=O. The van der Waals surface area contributed by atoms with Gasteiger partial charge < -0.3 is 4.74 Å². The van der Waals surface area contributed by atoms with Crippen molar-refractivity contribution in [2.24, 2.45) is 7.05 Å². The molecule has 0 aliphatic heterocycles. The highest BCUT2D eigenvalue weighted by Crippen LogP contribution is 2.43. The van der Waals surface area contributed by atoms with Crippen LogP contribution < -0.4 is 10.4 Å². The van der Waals surface area contributed by atoms with E-state index in [9.17, 15) is 4.79 Å². The van der Waals surface area contributed by atoms with Crippen LogP contribution in [0.4, 0.5) is 0 Å². The van der Waals surface area contributed by atoms with Crippen LogP contribution in [0, 0.1) is 0 Å². The Morgan fingerprint density at radius 1 is 1.16 bits per heavy atom. The van der Waals surface area contributed by atoms with E-state index in [1.807, 2.05) is 30.3 Å². The lowest BCUT2D eigenvalue weighted by molar-refractivity contribution is 0.304. The van der Waals surface area contributed by atoms with Crippen molar-refractivity contribution in [2.45, 2.75) is 25.4 Å². The quantitative estimate of drug-likeness (QED) is 0.704. The van der Waals surface area contributed by atoms with Gasteiger partial charge in [-0.25, -0.2) is 4.79 Å². The van der Waals surface area contributed by atoms with Crippen molar-refractivity contribution in [1.29, 1.82) is 0 Å². The van der Waals surface area contributed by atoms with Gasteiger partial charge in [0.05, 0.1) is 10.7 Å². The molecule has 1 aliphatic carbocycles. The molecular formula is C18H17ClN4O2. The Labute approximate surface area is 149 Å². The maximum atomic E-state index is 12.3. The van der Waals surface area contributed by atoms with E-state index in [1.165, 1.54) is 14.9 Å². The molecule has 0 unspecified atom stereocenters. The number of rotatable bonds is 5. The van der Waals surface area contributed by atoms with E-state index in [1.54, 1.807) is 13.1 Å². The molecule has 0 saturated heterocycles. The molecule has 4 rings (SSSR count). The number of aromatic nitrogens is 4. The maximum absolute atomic E-state index is 12.3. The Bertz CT molecular complexity index is 975. The minimum atomic E-state index is -0.285. The predicted molar refractivity (Wildman–Crippen MR) is 94.4 cm³/mol. The second-order valence-corrected chi connectivity index (χ2v) is 6.54. The number of nitrogens with zero attached hydrogens (tertiary/aromatic N) is 4. The smallest absolute Gasteiger partial charge is 0.368 e. The second-order valence-electron chi connectivity index (χ2n) is 6.14. The predicted octanol–water partition coefficient (Wildman–Crippen LogP) is 3.08.